The van der Waals surface area contributed by atoms with Crippen molar-refractivity contribution in [2.45, 2.75) is 6.43 Å². The molecule has 4 N–H and O–H groups in total. The highest BCUT2D eigenvalue weighted by Gasteiger charge is 2.17. The molecule has 6 heteroatoms. The van der Waals surface area contributed by atoms with E-state index in [1.54, 1.807) is 0 Å². The highest BCUT2D eigenvalue weighted by Crippen LogP contribution is 2.25. The first-order chi connectivity index (χ1) is 5.52. The van der Waals surface area contributed by atoms with E-state index in [0.717, 1.165) is 6.07 Å². The first kappa shape index (κ1) is 8.63. The molecule has 0 aliphatic heterocycles. The number of nitrogen functional groups attached to an aromatic ring is 2. The van der Waals surface area contributed by atoms with Crippen molar-refractivity contribution in [1.82, 2.24) is 4.98 Å². The van der Waals surface area contributed by atoms with E-state index in [1.807, 2.05) is 0 Å². The predicted molar refractivity (Wildman–Crippen MR) is 38.0 cm³/mol. The Hall–Kier alpha value is -1.46. The summed E-state index contributed by atoms with van der Waals surface area (Å²) in [6.07, 6.45) is -2.93. The van der Waals surface area contributed by atoms with Gasteiger partial charge in [0, 0.05) is 0 Å². The van der Waals surface area contributed by atoms with Crippen LogP contribution in [0.15, 0.2) is 6.07 Å². The van der Waals surface area contributed by atoms with Crippen LogP contribution in [0.25, 0.3) is 0 Å². The summed E-state index contributed by atoms with van der Waals surface area (Å²) in [6.45, 7) is 0. The molecular weight excluding hydrogens is 171 g/mol. The quantitative estimate of drug-likeness (QED) is 0.679. The lowest BCUT2D eigenvalue weighted by molar-refractivity contribution is 0.146. The molecular formula is C6H6F3N3. The van der Waals surface area contributed by atoms with Gasteiger partial charge >= 0.3 is 0 Å². The summed E-state index contributed by atoms with van der Waals surface area (Å²) in [4.78, 5) is 3.26. The monoisotopic (exact) mass is 177 g/mol. The lowest BCUT2D eigenvalue weighted by atomic mass is 10.2. The molecule has 1 heterocycles. The molecule has 0 saturated heterocycles. The zero-order valence-electron chi connectivity index (χ0n) is 5.89. The maximum atomic E-state index is 12.7. The topological polar surface area (TPSA) is 64.9 Å². The minimum Gasteiger partial charge on any atom is -0.384 e. The number of hydrogen-bond acceptors (Lipinski definition) is 3. The molecule has 66 valence electrons. The van der Waals surface area contributed by atoms with E-state index < -0.39 is 23.6 Å². The standard InChI is InChI=1S/C6H6F3N3/c7-4-2(5(8)9)1-3(10)12-6(4)11/h1,5H,(H4,10,11,12). The maximum absolute atomic E-state index is 12.7. The zero-order valence-corrected chi connectivity index (χ0v) is 5.89. The van der Waals surface area contributed by atoms with Gasteiger partial charge in [0.2, 0.25) is 0 Å². The maximum Gasteiger partial charge on any atom is 0.266 e. The Labute approximate surface area is 66.2 Å². The smallest absolute Gasteiger partial charge is 0.266 e. The van der Waals surface area contributed by atoms with E-state index >= 15 is 0 Å². The van der Waals surface area contributed by atoms with Crippen molar-refractivity contribution < 1.29 is 13.2 Å². The summed E-state index contributed by atoms with van der Waals surface area (Å²) in [5, 5.41) is 0. The Balaban J connectivity index is 3.28. The van der Waals surface area contributed by atoms with Gasteiger partial charge in [0.1, 0.15) is 5.82 Å². The van der Waals surface area contributed by atoms with Crippen molar-refractivity contribution in [3.8, 4) is 0 Å². The molecule has 0 fully saturated rings. The SMILES string of the molecule is Nc1cc(C(F)F)c(F)c(N)n1. The van der Waals surface area contributed by atoms with E-state index in [2.05, 4.69) is 4.98 Å². The third-order valence-electron chi connectivity index (χ3n) is 1.27. The van der Waals surface area contributed by atoms with Crippen molar-refractivity contribution >= 4 is 11.6 Å². The van der Waals surface area contributed by atoms with Crippen LogP contribution < -0.4 is 11.5 Å². The second kappa shape index (κ2) is 2.88. The van der Waals surface area contributed by atoms with E-state index in [1.165, 1.54) is 0 Å². The highest BCUT2D eigenvalue weighted by atomic mass is 19.3. The fraction of sp³-hybridized carbons (Fsp3) is 0.167. The molecule has 0 saturated carbocycles. The summed E-state index contributed by atoms with van der Waals surface area (Å²) < 4.78 is 36.7. The average molecular weight is 177 g/mol. The largest absolute Gasteiger partial charge is 0.384 e. The van der Waals surface area contributed by atoms with Gasteiger partial charge in [-0.15, -0.1) is 0 Å². The van der Waals surface area contributed by atoms with Crippen LogP contribution >= 0.6 is 0 Å². The van der Waals surface area contributed by atoms with Gasteiger partial charge in [0.25, 0.3) is 6.43 Å². The number of alkyl halides is 2. The second-order valence-corrected chi connectivity index (χ2v) is 2.14. The molecule has 0 atom stereocenters. The number of pyridine rings is 1. The van der Waals surface area contributed by atoms with Gasteiger partial charge in [-0.05, 0) is 6.07 Å². The number of halogens is 3. The number of hydrogen-bond donors (Lipinski definition) is 2. The summed E-state index contributed by atoms with van der Waals surface area (Å²) >= 11 is 0. The van der Waals surface area contributed by atoms with Gasteiger partial charge in [0.15, 0.2) is 11.6 Å². The van der Waals surface area contributed by atoms with Crippen molar-refractivity contribution in [1.29, 1.82) is 0 Å². The molecule has 1 aromatic heterocycles. The number of anilines is 2. The Morgan fingerprint density at radius 1 is 1.33 bits per heavy atom. The van der Waals surface area contributed by atoms with Gasteiger partial charge in [-0.2, -0.15) is 0 Å². The average Bonchev–Trinajstić information content (AvgIpc) is 1.96. The number of rotatable bonds is 1. The molecule has 12 heavy (non-hydrogen) atoms. The van der Waals surface area contributed by atoms with Gasteiger partial charge in [-0.1, -0.05) is 0 Å². The normalized spacial score (nSPS) is 10.7. The van der Waals surface area contributed by atoms with Crippen LogP contribution in [0, 0.1) is 5.82 Å². The summed E-state index contributed by atoms with van der Waals surface area (Å²) in [7, 11) is 0. The third-order valence-corrected chi connectivity index (χ3v) is 1.27. The second-order valence-electron chi connectivity index (χ2n) is 2.14. The lowest BCUT2D eigenvalue weighted by Crippen LogP contribution is -2.03. The minimum atomic E-state index is -2.93. The van der Waals surface area contributed by atoms with Crippen molar-refractivity contribution in [2.24, 2.45) is 0 Å². The van der Waals surface area contributed by atoms with E-state index in [9.17, 15) is 13.2 Å². The van der Waals surface area contributed by atoms with Crippen LogP contribution in [0.4, 0.5) is 24.8 Å². The van der Waals surface area contributed by atoms with Crippen LogP contribution in [-0.2, 0) is 0 Å². The lowest BCUT2D eigenvalue weighted by Gasteiger charge is -2.04. The molecule has 1 rings (SSSR count). The molecule has 0 aliphatic rings. The number of nitrogens with zero attached hydrogens (tertiary/aromatic N) is 1. The number of aromatic nitrogens is 1. The highest BCUT2D eigenvalue weighted by molar-refractivity contribution is 5.45. The van der Waals surface area contributed by atoms with Crippen LogP contribution in [0.5, 0.6) is 0 Å². The minimum absolute atomic E-state index is 0.218. The predicted octanol–water partition coefficient (Wildman–Crippen LogP) is 1.32. The molecule has 0 bridgehead atoms. The fourth-order valence-electron chi connectivity index (χ4n) is 0.750. The molecule has 0 aromatic carbocycles. The van der Waals surface area contributed by atoms with Gasteiger partial charge in [-0.3, -0.25) is 0 Å². The molecule has 0 aliphatic carbocycles. The van der Waals surface area contributed by atoms with Crippen LogP contribution in [0.3, 0.4) is 0 Å². The third kappa shape index (κ3) is 1.41. The Morgan fingerprint density at radius 2 is 1.92 bits per heavy atom. The molecule has 0 spiro atoms. The molecule has 0 unspecified atom stereocenters. The molecule has 3 nitrogen and oxygen atoms in total. The first-order valence-electron chi connectivity index (χ1n) is 3.02. The molecule has 0 amide bonds. The van der Waals surface area contributed by atoms with E-state index in [0.29, 0.717) is 0 Å². The summed E-state index contributed by atoms with van der Waals surface area (Å²) in [5.74, 6) is -2.03. The Morgan fingerprint density at radius 3 is 2.42 bits per heavy atom. The fourth-order valence-corrected chi connectivity index (χ4v) is 0.750. The van der Waals surface area contributed by atoms with Crippen molar-refractivity contribution in [3.05, 3.63) is 17.4 Å². The van der Waals surface area contributed by atoms with E-state index in [-0.39, 0.29) is 5.82 Å². The van der Waals surface area contributed by atoms with Crippen LogP contribution in [-0.4, -0.2) is 4.98 Å². The van der Waals surface area contributed by atoms with Crippen LogP contribution in [0.2, 0.25) is 0 Å². The zero-order chi connectivity index (χ0) is 9.30. The van der Waals surface area contributed by atoms with E-state index in [4.69, 9.17) is 11.5 Å². The van der Waals surface area contributed by atoms with Gasteiger partial charge < -0.3 is 11.5 Å². The summed E-state index contributed by atoms with van der Waals surface area (Å²) in [6, 6.07) is 0.760. The molecule has 1 aromatic rings. The summed E-state index contributed by atoms with van der Waals surface area (Å²) in [5.41, 5.74) is 9.22. The van der Waals surface area contributed by atoms with Gasteiger partial charge in [0.05, 0.1) is 5.56 Å². The van der Waals surface area contributed by atoms with Crippen molar-refractivity contribution in [2.75, 3.05) is 11.5 Å². The first-order valence-corrected chi connectivity index (χ1v) is 3.02. The van der Waals surface area contributed by atoms with Crippen LogP contribution in [0.1, 0.15) is 12.0 Å². The van der Waals surface area contributed by atoms with Crippen molar-refractivity contribution in [3.63, 3.8) is 0 Å². The molecule has 0 radical (unpaired) electrons. The van der Waals surface area contributed by atoms with Gasteiger partial charge in [-0.25, -0.2) is 18.2 Å². The Bertz CT molecular complexity index is 300. The number of nitrogens with two attached hydrogens (primary N) is 2. The Kier molecular flexibility index (Phi) is 2.07.